The van der Waals surface area contributed by atoms with Gasteiger partial charge in [-0.2, -0.15) is 0 Å². The Morgan fingerprint density at radius 2 is 2.21 bits per heavy atom. The van der Waals surface area contributed by atoms with E-state index in [0.717, 1.165) is 24.9 Å². The van der Waals surface area contributed by atoms with Crippen LogP contribution in [0.25, 0.3) is 0 Å². The Kier molecular flexibility index (Phi) is 2.79. The van der Waals surface area contributed by atoms with E-state index in [2.05, 4.69) is 0 Å². The molecule has 14 heavy (non-hydrogen) atoms. The molecule has 0 saturated carbocycles. The SMILES string of the molecule is O=CN1CCC1OCc1ccccc1. The number of hydrogen-bond acceptors (Lipinski definition) is 2. The fraction of sp³-hybridized carbons (Fsp3) is 0.364. The quantitative estimate of drug-likeness (QED) is 0.673. The number of carbonyl (C=O) groups excluding carboxylic acids is 1. The zero-order valence-corrected chi connectivity index (χ0v) is 7.93. The van der Waals surface area contributed by atoms with Gasteiger partial charge >= 0.3 is 0 Å². The zero-order valence-electron chi connectivity index (χ0n) is 7.93. The molecule has 1 fully saturated rings. The summed E-state index contributed by atoms with van der Waals surface area (Å²) < 4.78 is 5.56. The van der Waals surface area contributed by atoms with E-state index < -0.39 is 0 Å². The van der Waals surface area contributed by atoms with Gasteiger partial charge in [-0.3, -0.25) is 4.79 Å². The van der Waals surface area contributed by atoms with Crippen LogP contribution >= 0.6 is 0 Å². The monoisotopic (exact) mass is 191 g/mol. The number of hydrogen-bond donors (Lipinski definition) is 0. The maximum absolute atomic E-state index is 10.5. The lowest BCUT2D eigenvalue weighted by Gasteiger charge is -2.37. The number of ether oxygens (including phenoxy) is 1. The Bertz CT molecular complexity index is 299. The molecule has 1 aliphatic heterocycles. The average Bonchev–Trinajstić information content (AvgIpc) is 2.19. The maximum Gasteiger partial charge on any atom is 0.211 e. The molecule has 1 heterocycles. The minimum atomic E-state index is -0.00675. The van der Waals surface area contributed by atoms with Crippen molar-refractivity contribution in [2.45, 2.75) is 19.3 Å². The molecule has 1 aromatic rings. The summed E-state index contributed by atoms with van der Waals surface area (Å²) in [6, 6.07) is 9.98. The molecule has 74 valence electrons. The highest BCUT2D eigenvalue weighted by molar-refractivity contribution is 5.48. The Hall–Kier alpha value is -1.35. The molecule has 2 rings (SSSR count). The molecule has 3 nitrogen and oxygen atoms in total. The van der Waals surface area contributed by atoms with Crippen molar-refractivity contribution in [3.63, 3.8) is 0 Å². The van der Waals surface area contributed by atoms with E-state index in [1.807, 2.05) is 30.3 Å². The second-order valence-corrected chi connectivity index (χ2v) is 3.38. The van der Waals surface area contributed by atoms with E-state index in [9.17, 15) is 4.79 Å². The van der Waals surface area contributed by atoms with Crippen LogP contribution < -0.4 is 0 Å². The summed E-state index contributed by atoms with van der Waals surface area (Å²) in [5.74, 6) is 0. The molecule has 1 unspecified atom stereocenters. The van der Waals surface area contributed by atoms with Gasteiger partial charge in [0.1, 0.15) is 6.23 Å². The molecule has 1 saturated heterocycles. The zero-order chi connectivity index (χ0) is 9.80. The predicted molar refractivity (Wildman–Crippen MR) is 52.4 cm³/mol. The van der Waals surface area contributed by atoms with E-state index >= 15 is 0 Å². The van der Waals surface area contributed by atoms with Crippen LogP contribution in [-0.4, -0.2) is 24.1 Å². The summed E-state index contributed by atoms with van der Waals surface area (Å²) in [6.07, 6.45) is 1.79. The molecule has 1 aliphatic rings. The van der Waals surface area contributed by atoms with Gasteiger partial charge in [0.15, 0.2) is 0 Å². The van der Waals surface area contributed by atoms with Crippen molar-refractivity contribution in [3.05, 3.63) is 35.9 Å². The van der Waals surface area contributed by atoms with Crippen molar-refractivity contribution in [1.29, 1.82) is 0 Å². The summed E-state index contributed by atoms with van der Waals surface area (Å²) in [4.78, 5) is 12.1. The van der Waals surface area contributed by atoms with Crippen molar-refractivity contribution in [2.75, 3.05) is 6.54 Å². The summed E-state index contributed by atoms with van der Waals surface area (Å²) in [6.45, 7) is 1.40. The van der Waals surface area contributed by atoms with E-state index in [1.165, 1.54) is 0 Å². The van der Waals surface area contributed by atoms with E-state index in [4.69, 9.17) is 4.74 Å². The Morgan fingerprint density at radius 1 is 1.43 bits per heavy atom. The van der Waals surface area contributed by atoms with Crippen LogP contribution in [0.1, 0.15) is 12.0 Å². The fourth-order valence-corrected chi connectivity index (χ4v) is 1.45. The van der Waals surface area contributed by atoms with Crippen LogP contribution in [0, 0.1) is 0 Å². The number of nitrogens with zero attached hydrogens (tertiary/aromatic N) is 1. The van der Waals surface area contributed by atoms with Gasteiger partial charge in [0.05, 0.1) is 6.61 Å². The molecule has 0 N–H and O–H groups in total. The van der Waals surface area contributed by atoms with Gasteiger partial charge in [-0.15, -0.1) is 0 Å². The van der Waals surface area contributed by atoms with Crippen LogP contribution in [0.3, 0.4) is 0 Å². The number of amides is 1. The molecule has 0 bridgehead atoms. The summed E-state index contributed by atoms with van der Waals surface area (Å²) in [5, 5.41) is 0. The summed E-state index contributed by atoms with van der Waals surface area (Å²) in [5.41, 5.74) is 1.14. The van der Waals surface area contributed by atoms with Crippen LogP contribution in [0.15, 0.2) is 30.3 Å². The van der Waals surface area contributed by atoms with Gasteiger partial charge in [-0.25, -0.2) is 0 Å². The van der Waals surface area contributed by atoms with Crippen LogP contribution in [-0.2, 0) is 16.1 Å². The fourth-order valence-electron chi connectivity index (χ4n) is 1.45. The highest BCUT2D eigenvalue weighted by atomic mass is 16.5. The molecular weight excluding hydrogens is 178 g/mol. The van der Waals surface area contributed by atoms with Crippen molar-refractivity contribution in [1.82, 2.24) is 4.90 Å². The van der Waals surface area contributed by atoms with Gasteiger partial charge in [-0.05, 0) is 5.56 Å². The molecule has 0 aromatic heterocycles. The third-order valence-corrected chi connectivity index (χ3v) is 2.42. The van der Waals surface area contributed by atoms with E-state index in [-0.39, 0.29) is 6.23 Å². The smallest absolute Gasteiger partial charge is 0.211 e. The van der Waals surface area contributed by atoms with E-state index in [1.54, 1.807) is 4.90 Å². The highest BCUT2D eigenvalue weighted by Crippen LogP contribution is 2.17. The number of carbonyl (C=O) groups is 1. The number of rotatable bonds is 4. The Labute approximate surface area is 83.3 Å². The second kappa shape index (κ2) is 4.24. The van der Waals surface area contributed by atoms with Crippen molar-refractivity contribution >= 4 is 6.41 Å². The van der Waals surface area contributed by atoms with Gasteiger partial charge < -0.3 is 9.64 Å². The first kappa shape index (κ1) is 9.21. The Balaban J connectivity index is 1.80. The molecule has 0 aliphatic carbocycles. The molecule has 1 atom stereocenters. The topological polar surface area (TPSA) is 29.5 Å². The third kappa shape index (κ3) is 1.93. The average molecular weight is 191 g/mol. The predicted octanol–water partition coefficient (Wildman–Crippen LogP) is 1.39. The van der Waals surface area contributed by atoms with Gasteiger partial charge in [0.2, 0.25) is 6.41 Å². The summed E-state index contributed by atoms with van der Waals surface area (Å²) >= 11 is 0. The minimum Gasteiger partial charge on any atom is -0.354 e. The minimum absolute atomic E-state index is 0.00675. The third-order valence-electron chi connectivity index (χ3n) is 2.42. The van der Waals surface area contributed by atoms with Crippen LogP contribution in [0.4, 0.5) is 0 Å². The number of likely N-dealkylation sites (tertiary alicyclic amines) is 1. The van der Waals surface area contributed by atoms with Crippen molar-refractivity contribution in [3.8, 4) is 0 Å². The molecule has 3 heteroatoms. The molecule has 1 amide bonds. The standard InChI is InChI=1S/C11H13NO2/c13-9-12-7-6-11(12)14-8-10-4-2-1-3-5-10/h1-5,9,11H,6-8H2. The first-order valence-electron chi connectivity index (χ1n) is 4.77. The van der Waals surface area contributed by atoms with Crippen LogP contribution in [0.5, 0.6) is 0 Å². The number of benzene rings is 1. The molecule has 1 aromatic carbocycles. The molecular formula is C11H13NO2. The Morgan fingerprint density at radius 3 is 2.79 bits per heavy atom. The van der Waals surface area contributed by atoms with E-state index in [0.29, 0.717) is 6.61 Å². The van der Waals surface area contributed by atoms with Gasteiger partial charge in [0.25, 0.3) is 0 Å². The largest absolute Gasteiger partial charge is 0.354 e. The van der Waals surface area contributed by atoms with Crippen molar-refractivity contribution < 1.29 is 9.53 Å². The second-order valence-electron chi connectivity index (χ2n) is 3.38. The molecule has 0 radical (unpaired) electrons. The normalized spacial score (nSPS) is 20.3. The lowest BCUT2D eigenvalue weighted by molar-refractivity contribution is -0.154. The lowest BCUT2D eigenvalue weighted by Crippen LogP contribution is -2.48. The molecule has 0 spiro atoms. The van der Waals surface area contributed by atoms with Crippen molar-refractivity contribution in [2.24, 2.45) is 0 Å². The maximum atomic E-state index is 10.5. The highest BCUT2D eigenvalue weighted by Gasteiger charge is 2.26. The van der Waals surface area contributed by atoms with Gasteiger partial charge in [-0.1, -0.05) is 30.3 Å². The first-order valence-corrected chi connectivity index (χ1v) is 4.77. The first-order chi connectivity index (χ1) is 6.90. The van der Waals surface area contributed by atoms with Crippen LogP contribution in [0.2, 0.25) is 0 Å². The lowest BCUT2D eigenvalue weighted by atomic mass is 10.2. The van der Waals surface area contributed by atoms with Gasteiger partial charge in [0, 0.05) is 13.0 Å². The summed E-state index contributed by atoms with van der Waals surface area (Å²) in [7, 11) is 0.